The number of piperidine rings is 1. The summed E-state index contributed by atoms with van der Waals surface area (Å²) in [5.41, 5.74) is -0.700. The smallest absolute Gasteiger partial charge is 0.326 e. The van der Waals surface area contributed by atoms with Gasteiger partial charge in [-0.15, -0.1) is 0 Å². The molecule has 41 heavy (non-hydrogen) atoms. The Kier molecular flexibility index (Phi) is 14.1. The molecule has 1 heterocycles. The van der Waals surface area contributed by atoms with Gasteiger partial charge in [-0.1, -0.05) is 48.5 Å². The van der Waals surface area contributed by atoms with Gasteiger partial charge in [-0.25, -0.2) is 9.59 Å². The van der Waals surface area contributed by atoms with Gasteiger partial charge in [-0.3, -0.25) is 19.2 Å². The number of rotatable bonds is 14. The standard InChI is InChI=1S/C28H49N5O8/c1-8-17(9-2)29-27(41)32-22(28(5,6)7)25(38)33-13-11-10-12-20(33)24(37)30-18(15-21(34)35)23(36)31-19(26(39)40)14-16(3)4/h16-20,22H,8-15H2,1-7H3,(H,30,37)(H,31,36)(H,34,35)(H,39,40)(H2,29,32,41)/t18-,19-,20-,22+/m0/s1. The van der Waals surface area contributed by atoms with Crippen LogP contribution in [-0.2, 0) is 24.0 Å². The van der Waals surface area contributed by atoms with E-state index in [1.54, 1.807) is 34.6 Å². The molecule has 0 aromatic heterocycles. The third kappa shape index (κ3) is 11.6. The van der Waals surface area contributed by atoms with E-state index in [4.69, 9.17) is 0 Å². The zero-order valence-electron chi connectivity index (χ0n) is 25.4. The van der Waals surface area contributed by atoms with E-state index in [1.165, 1.54) is 4.90 Å². The number of nitrogens with zero attached hydrogens (tertiary/aromatic N) is 1. The number of urea groups is 1. The van der Waals surface area contributed by atoms with Gasteiger partial charge < -0.3 is 36.4 Å². The Bertz CT molecular complexity index is 944. The van der Waals surface area contributed by atoms with Crippen molar-refractivity contribution in [3.63, 3.8) is 0 Å². The van der Waals surface area contributed by atoms with Crippen LogP contribution in [0.15, 0.2) is 0 Å². The zero-order valence-corrected chi connectivity index (χ0v) is 25.4. The maximum Gasteiger partial charge on any atom is 0.326 e. The molecule has 13 nitrogen and oxygen atoms in total. The van der Waals surface area contributed by atoms with E-state index >= 15 is 0 Å². The van der Waals surface area contributed by atoms with Gasteiger partial charge >= 0.3 is 18.0 Å². The lowest BCUT2D eigenvalue weighted by Crippen LogP contribution is -2.63. The Balaban J connectivity index is 3.17. The highest BCUT2D eigenvalue weighted by Gasteiger charge is 2.42. The van der Waals surface area contributed by atoms with Gasteiger partial charge in [0.2, 0.25) is 17.7 Å². The average Bonchev–Trinajstić information content (AvgIpc) is 2.87. The Morgan fingerprint density at radius 2 is 1.49 bits per heavy atom. The Labute approximate surface area is 242 Å². The molecule has 13 heteroatoms. The fourth-order valence-electron chi connectivity index (χ4n) is 4.75. The summed E-state index contributed by atoms with van der Waals surface area (Å²) in [5, 5.41) is 29.3. The molecule has 0 radical (unpaired) electrons. The number of hydrogen-bond acceptors (Lipinski definition) is 6. The zero-order chi connectivity index (χ0) is 31.5. The second kappa shape index (κ2) is 16.2. The SMILES string of the molecule is CCC(CC)NC(=O)N[C@H](C(=O)N1CCCC[C@H]1C(=O)N[C@@H](CC(=O)O)C(=O)N[C@@H](CC(C)C)C(=O)O)C(C)(C)C. The number of aliphatic carboxylic acids is 2. The summed E-state index contributed by atoms with van der Waals surface area (Å²) in [5.74, 6) is -4.81. The summed E-state index contributed by atoms with van der Waals surface area (Å²) in [6, 6.07) is -5.31. The molecular weight excluding hydrogens is 534 g/mol. The van der Waals surface area contributed by atoms with Crippen molar-refractivity contribution in [1.82, 2.24) is 26.2 Å². The van der Waals surface area contributed by atoms with Crippen molar-refractivity contribution in [3.05, 3.63) is 0 Å². The van der Waals surface area contributed by atoms with Crippen LogP contribution in [0.1, 0.15) is 93.4 Å². The summed E-state index contributed by atoms with van der Waals surface area (Å²) in [6.07, 6.45) is 2.32. The first-order chi connectivity index (χ1) is 19.0. The van der Waals surface area contributed by atoms with E-state index in [9.17, 15) is 39.0 Å². The molecule has 0 bridgehead atoms. The van der Waals surface area contributed by atoms with E-state index in [1.807, 2.05) is 13.8 Å². The number of nitrogens with one attached hydrogen (secondary N) is 4. The molecule has 4 atom stereocenters. The Hall–Kier alpha value is -3.38. The normalized spacial score (nSPS) is 17.8. The molecule has 1 aliphatic heterocycles. The van der Waals surface area contributed by atoms with Gasteiger partial charge in [-0.2, -0.15) is 0 Å². The highest BCUT2D eigenvalue weighted by Crippen LogP contribution is 2.26. The molecule has 0 unspecified atom stereocenters. The number of carboxylic acid groups (broad SMARTS) is 2. The lowest BCUT2D eigenvalue weighted by atomic mass is 9.85. The number of hydrogen-bond donors (Lipinski definition) is 6. The largest absolute Gasteiger partial charge is 0.481 e. The molecule has 0 aromatic rings. The van der Waals surface area contributed by atoms with Crippen molar-refractivity contribution in [2.45, 2.75) is 124 Å². The highest BCUT2D eigenvalue weighted by molar-refractivity contribution is 5.96. The minimum absolute atomic E-state index is 0.0576. The first-order valence-electron chi connectivity index (χ1n) is 14.4. The molecule has 0 spiro atoms. The van der Waals surface area contributed by atoms with Crippen molar-refractivity contribution in [2.24, 2.45) is 11.3 Å². The van der Waals surface area contributed by atoms with Crippen molar-refractivity contribution in [1.29, 1.82) is 0 Å². The van der Waals surface area contributed by atoms with Crippen molar-refractivity contribution in [3.8, 4) is 0 Å². The van der Waals surface area contributed by atoms with Gasteiger partial charge in [0.05, 0.1) is 6.42 Å². The molecule has 234 valence electrons. The molecule has 1 aliphatic rings. The van der Waals surface area contributed by atoms with Gasteiger partial charge in [0.1, 0.15) is 24.2 Å². The van der Waals surface area contributed by atoms with Gasteiger partial charge in [0, 0.05) is 12.6 Å². The summed E-state index contributed by atoms with van der Waals surface area (Å²) in [4.78, 5) is 77.4. The third-order valence-electron chi connectivity index (χ3n) is 7.13. The van der Waals surface area contributed by atoms with Crippen LogP contribution in [0, 0.1) is 11.3 Å². The average molecular weight is 584 g/mol. The van der Waals surface area contributed by atoms with Crippen molar-refractivity contribution in [2.75, 3.05) is 6.54 Å². The minimum Gasteiger partial charge on any atom is -0.481 e. The minimum atomic E-state index is -1.55. The number of carboxylic acids is 2. The lowest BCUT2D eigenvalue weighted by Gasteiger charge is -2.40. The third-order valence-corrected chi connectivity index (χ3v) is 7.13. The molecule has 1 saturated heterocycles. The molecule has 1 fully saturated rings. The predicted molar refractivity (Wildman–Crippen MR) is 152 cm³/mol. The maximum absolute atomic E-state index is 13.8. The number of carbonyl (C=O) groups is 6. The van der Waals surface area contributed by atoms with Crippen LogP contribution < -0.4 is 21.3 Å². The van der Waals surface area contributed by atoms with E-state index in [0.717, 1.165) is 12.8 Å². The first kappa shape index (κ1) is 35.6. The quantitative estimate of drug-likeness (QED) is 0.178. The molecule has 5 amide bonds. The lowest BCUT2D eigenvalue weighted by molar-refractivity contribution is -0.148. The van der Waals surface area contributed by atoms with Crippen LogP contribution in [0.4, 0.5) is 4.79 Å². The van der Waals surface area contributed by atoms with Crippen molar-refractivity contribution < 1.29 is 39.0 Å². The monoisotopic (exact) mass is 583 g/mol. The maximum atomic E-state index is 13.8. The van der Waals surface area contributed by atoms with E-state index in [-0.39, 0.29) is 31.3 Å². The van der Waals surface area contributed by atoms with E-state index in [2.05, 4.69) is 21.3 Å². The topological polar surface area (TPSA) is 194 Å². The van der Waals surface area contributed by atoms with Gasteiger partial charge in [0.15, 0.2) is 0 Å². The van der Waals surface area contributed by atoms with E-state index in [0.29, 0.717) is 12.8 Å². The summed E-state index contributed by atoms with van der Waals surface area (Å²) >= 11 is 0. The molecule has 0 saturated carbocycles. The van der Waals surface area contributed by atoms with E-state index < -0.39 is 71.7 Å². The van der Waals surface area contributed by atoms with Crippen LogP contribution >= 0.6 is 0 Å². The van der Waals surface area contributed by atoms with Crippen LogP contribution in [0.3, 0.4) is 0 Å². The van der Waals surface area contributed by atoms with Crippen LogP contribution in [0.5, 0.6) is 0 Å². The summed E-state index contributed by atoms with van der Waals surface area (Å²) < 4.78 is 0. The van der Waals surface area contributed by atoms with Crippen molar-refractivity contribution >= 4 is 35.7 Å². The fourth-order valence-corrected chi connectivity index (χ4v) is 4.75. The second-order valence-corrected chi connectivity index (χ2v) is 12.2. The van der Waals surface area contributed by atoms with Gasteiger partial charge in [-0.05, 0) is 49.9 Å². The van der Waals surface area contributed by atoms with Crippen LogP contribution in [0.25, 0.3) is 0 Å². The first-order valence-corrected chi connectivity index (χ1v) is 14.4. The number of carbonyl (C=O) groups excluding carboxylic acids is 4. The Morgan fingerprint density at radius 3 is 1.98 bits per heavy atom. The molecular formula is C28H49N5O8. The van der Waals surface area contributed by atoms with Crippen LogP contribution in [-0.4, -0.2) is 87.6 Å². The van der Waals surface area contributed by atoms with Gasteiger partial charge in [0.25, 0.3) is 0 Å². The fraction of sp³-hybridized carbons (Fsp3) is 0.786. The molecule has 0 aliphatic carbocycles. The highest BCUT2D eigenvalue weighted by atomic mass is 16.4. The molecule has 6 N–H and O–H groups in total. The predicted octanol–water partition coefficient (Wildman–Crippen LogP) is 1.85. The summed E-state index contributed by atoms with van der Waals surface area (Å²) in [6.45, 7) is 13.1. The summed E-state index contributed by atoms with van der Waals surface area (Å²) in [7, 11) is 0. The molecule has 0 aromatic carbocycles. The number of amides is 5. The second-order valence-electron chi connectivity index (χ2n) is 12.2. The molecule has 1 rings (SSSR count). The number of likely N-dealkylation sites (tertiary alicyclic amines) is 1. The van der Waals surface area contributed by atoms with Crippen LogP contribution in [0.2, 0.25) is 0 Å². The Morgan fingerprint density at radius 1 is 0.878 bits per heavy atom.